The molecule has 9 heteroatoms. The van der Waals surface area contributed by atoms with E-state index in [-0.39, 0.29) is 17.7 Å². The fourth-order valence-electron chi connectivity index (χ4n) is 4.91. The molecular formula is C26H27F3N2O4. The third kappa shape index (κ3) is 5.29. The number of aliphatic hydroxyl groups excluding tert-OH is 1. The molecule has 2 atom stereocenters. The van der Waals surface area contributed by atoms with E-state index >= 15 is 0 Å². The fourth-order valence-corrected chi connectivity index (χ4v) is 4.91. The maximum Gasteiger partial charge on any atom is 0.416 e. The second-order valence-electron chi connectivity index (χ2n) is 9.48. The number of carbonyl (C=O) groups is 1. The van der Waals surface area contributed by atoms with Gasteiger partial charge in [0.15, 0.2) is 0 Å². The van der Waals surface area contributed by atoms with Crippen molar-refractivity contribution in [2.24, 2.45) is 5.92 Å². The van der Waals surface area contributed by atoms with E-state index in [0.29, 0.717) is 37.2 Å². The van der Waals surface area contributed by atoms with Gasteiger partial charge in [0.2, 0.25) is 0 Å². The van der Waals surface area contributed by atoms with Crippen LogP contribution in [0.3, 0.4) is 0 Å². The highest BCUT2D eigenvalue weighted by Crippen LogP contribution is 2.41. The van der Waals surface area contributed by atoms with Crippen LogP contribution in [0.2, 0.25) is 0 Å². The smallest absolute Gasteiger partial charge is 0.416 e. The number of aliphatic carboxylic acids is 1. The van der Waals surface area contributed by atoms with Gasteiger partial charge in [-0.25, -0.2) is 0 Å². The van der Waals surface area contributed by atoms with Gasteiger partial charge in [-0.1, -0.05) is 12.1 Å². The van der Waals surface area contributed by atoms with E-state index in [1.54, 1.807) is 12.1 Å². The Labute approximate surface area is 201 Å². The number of likely N-dealkylation sites (tertiary alicyclic amines) is 1. The van der Waals surface area contributed by atoms with Crippen LogP contribution in [0, 0.1) is 17.2 Å². The number of hydrogen-bond acceptors (Lipinski definition) is 5. The quantitative estimate of drug-likeness (QED) is 0.634. The Morgan fingerprint density at radius 1 is 1.20 bits per heavy atom. The number of nitrogens with zero attached hydrogens (tertiary/aromatic N) is 2. The van der Waals surface area contributed by atoms with Crippen LogP contribution in [0.4, 0.5) is 13.2 Å². The molecule has 35 heavy (non-hydrogen) atoms. The number of alkyl halides is 3. The maximum absolute atomic E-state index is 13.5. The van der Waals surface area contributed by atoms with Crippen molar-refractivity contribution in [1.29, 1.82) is 5.26 Å². The molecule has 2 aromatic rings. The molecule has 0 unspecified atom stereocenters. The first kappa shape index (κ1) is 25.0. The van der Waals surface area contributed by atoms with Crippen LogP contribution >= 0.6 is 0 Å². The first-order valence-corrected chi connectivity index (χ1v) is 11.6. The second kappa shape index (κ2) is 9.51. The summed E-state index contributed by atoms with van der Waals surface area (Å²) in [6.45, 7) is 2.63. The number of nitriles is 1. The van der Waals surface area contributed by atoms with Gasteiger partial charge in [0, 0.05) is 19.6 Å². The Morgan fingerprint density at radius 3 is 2.54 bits per heavy atom. The highest BCUT2D eigenvalue weighted by molar-refractivity contribution is 5.70. The standard InChI is InChI=1S/C26H27F3N2O4/c1-16(24(33)34)23(32)19-4-3-18-6-7-25(35-22(18)13-19)8-10-31(11-9-25)15-20-12-17(14-30)2-5-21(20)26(27,28)29/h2-5,12-13,16,23,32H,6-11,15H2,1H3,(H,33,34)/t16-,23+/m0/s1. The highest BCUT2D eigenvalue weighted by atomic mass is 19.4. The van der Waals surface area contributed by atoms with Gasteiger partial charge >= 0.3 is 12.1 Å². The number of ether oxygens (including phenoxy) is 1. The number of carboxylic acid groups (broad SMARTS) is 1. The normalized spacial score (nSPS) is 19.3. The predicted molar refractivity (Wildman–Crippen MR) is 121 cm³/mol. The van der Waals surface area contributed by atoms with E-state index in [1.165, 1.54) is 19.1 Å². The zero-order chi connectivity index (χ0) is 25.4. The van der Waals surface area contributed by atoms with Crippen molar-refractivity contribution in [3.8, 4) is 11.8 Å². The van der Waals surface area contributed by atoms with Gasteiger partial charge in [-0.15, -0.1) is 0 Å². The number of carboxylic acids is 1. The number of hydrogen-bond donors (Lipinski definition) is 2. The number of piperidine rings is 1. The average molecular weight is 489 g/mol. The number of aryl methyl sites for hydroxylation is 1. The number of fused-ring (bicyclic) bond motifs is 1. The van der Waals surface area contributed by atoms with E-state index in [4.69, 9.17) is 10.00 Å². The van der Waals surface area contributed by atoms with Gasteiger partial charge in [0.1, 0.15) is 11.4 Å². The largest absolute Gasteiger partial charge is 0.487 e. The van der Waals surface area contributed by atoms with Crippen LogP contribution in [0.5, 0.6) is 5.75 Å². The number of halogens is 3. The Kier molecular flexibility index (Phi) is 6.80. The van der Waals surface area contributed by atoms with Crippen LogP contribution in [-0.4, -0.2) is 39.8 Å². The van der Waals surface area contributed by atoms with E-state index < -0.39 is 35.3 Å². The Hall–Kier alpha value is -3.09. The monoisotopic (exact) mass is 488 g/mol. The summed E-state index contributed by atoms with van der Waals surface area (Å²) in [7, 11) is 0. The molecule has 186 valence electrons. The summed E-state index contributed by atoms with van der Waals surface area (Å²) >= 11 is 0. The lowest BCUT2D eigenvalue weighted by molar-refractivity contribution is -0.145. The van der Waals surface area contributed by atoms with Crippen LogP contribution < -0.4 is 4.74 Å². The zero-order valence-corrected chi connectivity index (χ0v) is 19.3. The maximum atomic E-state index is 13.5. The summed E-state index contributed by atoms with van der Waals surface area (Å²) in [5.41, 5.74) is 0.580. The van der Waals surface area contributed by atoms with Crippen LogP contribution in [0.25, 0.3) is 0 Å². The minimum absolute atomic E-state index is 0.0913. The summed E-state index contributed by atoms with van der Waals surface area (Å²) in [4.78, 5) is 13.2. The molecule has 4 rings (SSSR count). The molecule has 1 fully saturated rings. The summed E-state index contributed by atoms with van der Waals surface area (Å²) in [6.07, 6.45) is -2.85. The highest BCUT2D eigenvalue weighted by Gasteiger charge is 2.40. The minimum atomic E-state index is -4.49. The Bertz CT molecular complexity index is 1150. The molecule has 0 bridgehead atoms. The third-order valence-electron chi connectivity index (χ3n) is 7.17. The first-order valence-electron chi connectivity index (χ1n) is 11.6. The summed E-state index contributed by atoms with van der Waals surface area (Å²) in [5.74, 6) is -1.43. The molecule has 2 aromatic carbocycles. The zero-order valence-electron chi connectivity index (χ0n) is 19.3. The lowest BCUT2D eigenvalue weighted by atomic mass is 9.82. The molecule has 2 aliphatic heterocycles. The van der Waals surface area contributed by atoms with Crippen molar-refractivity contribution >= 4 is 5.97 Å². The molecule has 0 radical (unpaired) electrons. The van der Waals surface area contributed by atoms with Crippen molar-refractivity contribution in [2.75, 3.05) is 13.1 Å². The third-order valence-corrected chi connectivity index (χ3v) is 7.17. The molecule has 0 aliphatic carbocycles. The van der Waals surface area contributed by atoms with E-state index in [1.807, 2.05) is 17.0 Å². The number of rotatable bonds is 5. The molecule has 2 N–H and O–H groups in total. The van der Waals surface area contributed by atoms with Gasteiger partial charge in [-0.05, 0) is 73.6 Å². The van der Waals surface area contributed by atoms with E-state index in [9.17, 15) is 28.2 Å². The lowest BCUT2D eigenvalue weighted by Crippen LogP contribution is -2.49. The summed E-state index contributed by atoms with van der Waals surface area (Å²) < 4.78 is 46.8. The molecule has 2 heterocycles. The lowest BCUT2D eigenvalue weighted by Gasteiger charge is -2.45. The summed E-state index contributed by atoms with van der Waals surface area (Å²) in [5, 5.41) is 28.7. The number of aliphatic hydroxyl groups is 1. The SMILES string of the molecule is C[C@H](C(=O)O)[C@@H](O)c1ccc2c(c1)OC1(CC2)CCN(Cc2cc(C#N)ccc2C(F)(F)F)CC1. The molecule has 0 amide bonds. The first-order chi connectivity index (χ1) is 16.5. The molecule has 0 aromatic heterocycles. The number of benzene rings is 2. The second-order valence-corrected chi connectivity index (χ2v) is 9.48. The van der Waals surface area contributed by atoms with Crippen molar-refractivity contribution in [2.45, 2.75) is 57.0 Å². The average Bonchev–Trinajstić information content (AvgIpc) is 2.83. The molecule has 6 nitrogen and oxygen atoms in total. The Morgan fingerprint density at radius 2 is 1.91 bits per heavy atom. The van der Waals surface area contributed by atoms with Crippen LogP contribution in [0.1, 0.15) is 60.1 Å². The van der Waals surface area contributed by atoms with Gasteiger partial charge in [0.25, 0.3) is 0 Å². The van der Waals surface area contributed by atoms with Gasteiger partial charge < -0.3 is 14.9 Å². The summed E-state index contributed by atoms with van der Waals surface area (Å²) in [6, 6.07) is 10.7. The van der Waals surface area contributed by atoms with Gasteiger partial charge in [0.05, 0.1) is 29.2 Å². The van der Waals surface area contributed by atoms with Crippen molar-refractivity contribution in [1.82, 2.24) is 4.90 Å². The van der Waals surface area contributed by atoms with Crippen molar-refractivity contribution in [3.05, 3.63) is 64.2 Å². The molecule has 0 saturated carbocycles. The fraction of sp³-hybridized carbons (Fsp3) is 0.462. The van der Waals surface area contributed by atoms with Crippen molar-refractivity contribution in [3.63, 3.8) is 0 Å². The van der Waals surface area contributed by atoms with Gasteiger partial charge in [-0.3, -0.25) is 9.69 Å². The minimum Gasteiger partial charge on any atom is -0.487 e. The molecular weight excluding hydrogens is 461 g/mol. The predicted octanol–water partition coefficient (Wildman–Crippen LogP) is 4.69. The topological polar surface area (TPSA) is 93.8 Å². The van der Waals surface area contributed by atoms with E-state index in [0.717, 1.165) is 24.5 Å². The van der Waals surface area contributed by atoms with Gasteiger partial charge in [-0.2, -0.15) is 18.4 Å². The van der Waals surface area contributed by atoms with Crippen LogP contribution in [-0.2, 0) is 23.9 Å². The van der Waals surface area contributed by atoms with Crippen LogP contribution in [0.15, 0.2) is 36.4 Å². The molecule has 1 saturated heterocycles. The Balaban J connectivity index is 1.46. The van der Waals surface area contributed by atoms with Crippen molar-refractivity contribution < 1.29 is 32.9 Å². The molecule has 1 spiro atoms. The molecule has 2 aliphatic rings. The van der Waals surface area contributed by atoms with E-state index in [2.05, 4.69) is 0 Å².